The summed E-state index contributed by atoms with van der Waals surface area (Å²) in [6.45, 7) is 11.2. The van der Waals surface area contributed by atoms with E-state index in [2.05, 4.69) is 34.6 Å². The lowest BCUT2D eigenvalue weighted by molar-refractivity contribution is 0.203. The number of nitrogens with two attached hydrogens (primary N) is 1. The van der Waals surface area contributed by atoms with E-state index >= 15 is 0 Å². The maximum absolute atomic E-state index is 6.37. The Morgan fingerprint density at radius 2 is 1.46 bits per heavy atom. The minimum Gasteiger partial charge on any atom is -0.344 e. The van der Waals surface area contributed by atoms with E-state index in [1.165, 1.54) is 19.3 Å². The molecule has 82 valence electrons. The van der Waals surface area contributed by atoms with Crippen molar-refractivity contribution in [3.05, 3.63) is 0 Å². The van der Waals surface area contributed by atoms with Gasteiger partial charge in [0.2, 0.25) is 0 Å². The molecule has 0 aliphatic rings. The fourth-order valence-corrected chi connectivity index (χ4v) is 1.73. The van der Waals surface area contributed by atoms with Crippen molar-refractivity contribution in [3.8, 4) is 0 Å². The maximum Gasteiger partial charge on any atom is 0.0200 e. The summed E-state index contributed by atoms with van der Waals surface area (Å²) in [5.74, 6) is 1.17. The molecule has 0 unspecified atom stereocenters. The zero-order valence-electron chi connectivity index (χ0n) is 10.1. The summed E-state index contributed by atoms with van der Waals surface area (Å²) in [4.78, 5) is 0. The van der Waals surface area contributed by atoms with Crippen LogP contribution in [-0.2, 0) is 0 Å². The Kier molecular flexibility index (Phi) is 7.56. The van der Waals surface area contributed by atoms with Crippen molar-refractivity contribution in [1.82, 2.24) is 6.15 Å². The van der Waals surface area contributed by atoms with Crippen LogP contribution in [0.5, 0.6) is 0 Å². The highest BCUT2D eigenvalue weighted by atomic mass is 14.8. The first kappa shape index (κ1) is 15.4. The predicted octanol–water partition coefficient (Wildman–Crippen LogP) is 3.35. The Bertz CT molecular complexity index is 111. The molecule has 0 saturated carbocycles. The van der Waals surface area contributed by atoms with E-state index in [9.17, 15) is 0 Å². The first-order valence-electron chi connectivity index (χ1n) is 5.24. The summed E-state index contributed by atoms with van der Waals surface area (Å²) in [5.41, 5.74) is 6.42. The molecule has 5 N–H and O–H groups in total. The molecule has 2 heteroatoms. The van der Waals surface area contributed by atoms with Crippen LogP contribution < -0.4 is 11.9 Å². The molecule has 0 radical (unpaired) electrons. The summed E-state index contributed by atoms with van der Waals surface area (Å²) >= 11 is 0. The molecule has 0 fully saturated rings. The van der Waals surface area contributed by atoms with Crippen LogP contribution in [0.2, 0.25) is 0 Å². The molecule has 0 aliphatic heterocycles. The molecular weight excluding hydrogens is 160 g/mol. The lowest BCUT2D eigenvalue weighted by Crippen LogP contribution is -2.49. The van der Waals surface area contributed by atoms with Crippen molar-refractivity contribution >= 4 is 0 Å². The van der Waals surface area contributed by atoms with Crippen molar-refractivity contribution in [2.24, 2.45) is 17.6 Å². The highest BCUT2D eigenvalue weighted by Gasteiger charge is 2.31. The Hall–Kier alpha value is -0.0800. The normalized spacial score (nSPS) is 12.0. The van der Waals surface area contributed by atoms with Gasteiger partial charge in [0.1, 0.15) is 0 Å². The number of rotatable bonds is 5. The Morgan fingerprint density at radius 3 is 1.69 bits per heavy atom. The monoisotopic (exact) mass is 188 g/mol. The van der Waals surface area contributed by atoms with Gasteiger partial charge in [0.05, 0.1) is 0 Å². The predicted molar refractivity (Wildman–Crippen MR) is 61.1 cm³/mol. The smallest absolute Gasteiger partial charge is 0.0200 e. The van der Waals surface area contributed by atoms with Gasteiger partial charge in [0.15, 0.2) is 0 Å². The fraction of sp³-hybridized carbons (Fsp3) is 1.00. The van der Waals surface area contributed by atoms with Gasteiger partial charge in [-0.25, -0.2) is 0 Å². The molecule has 0 bridgehead atoms. The van der Waals surface area contributed by atoms with Crippen molar-refractivity contribution in [2.75, 3.05) is 0 Å². The Labute approximate surface area is 83.9 Å². The third-order valence-electron chi connectivity index (χ3n) is 3.11. The minimum absolute atomic E-state index is 0. The summed E-state index contributed by atoms with van der Waals surface area (Å²) in [6, 6.07) is 0. The van der Waals surface area contributed by atoms with Crippen molar-refractivity contribution in [2.45, 2.75) is 59.4 Å². The zero-order valence-corrected chi connectivity index (χ0v) is 10.1. The largest absolute Gasteiger partial charge is 0.344 e. The van der Waals surface area contributed by atoms with Gasteiger partial charge in [0, 0.05) is 5.54 Å². The first-order chi connectivity index (χ1) is 5.45. The second-order valence-corrected chi connectivity index (χ2v) is 4.53. The molecule has 0 aliphatic carbocycles. The Morgan fingerprint density at radius 1 is 1.08 bits per heavy atom. The summed E-state index contributed by atoms with van der Waals surface area (Å²) in [7, 11) is 0. The fourth-order valence-electron chi connectivity index (χ4n) is 1.73. The summed E-state index contributed by atoms with van der Waals surface area (Å²) < 4.78 is 0. The second kappa shape index (κ2) is 6.39. The van der Waals surface area contributed by atoms with Gasteiger partial charge in [-0.15, -0.1) is 0 Å². The number of hydrogen-bond acceptors (Lipinski definition) is 2. The first-order valence-corrected chi connectivity index (χ1v) is 5.24. The molecule has 0 aromatic heterocycles. The van der Waals surface area contributed by atoms with Crippen molar-refractivity contribution in [3.63, 3.8) is 0 Å². The summed E-state index contributed by atoms with van der Waals surface area (Å²) in [6.07, 6.45) is 3.67. The molecule has 0 spiro atoms. The molecule has 0 rings (SSSR count). The second-order valence-electron chi connectivity index (χ2n) is 4.53. The standard InChI is InChI=1S/C11H25N.H3N/c1-6-7-8-11(12,9(2)3)10(4)5;/h9-10H,6-8,12H2,1-5H3;1H3. The van der Waals surface area contributed by atoms with Crippen LogP contribution in [0, 0.1) is 11.8 Å². The molecule has 0 aromatic rings. The van der Waals surface area contributed by atoms with Gasteiger partial charge < -0.3 is 11.9 Å². The lowest BCUT2D eigenvalue weighted by atomic mass is 9.74. The molecule has 0 atom stereocenters. The van der Waals surface area contributed by atoms with Gasteiger partial charge in [0.25, 0.3) is 0 Å². The van der Waals surface area contributed by atoms with Gasteiger partial charge in [-0.1, -0.05) is 47.5 Å². The molecule has 0 heterocycles. The van der Waals surface area contributed by atoms with Crippen LogP contribution in [0.15, 0.2) is 0 Å². The van der Waals surface area contributed by atoms with Gasteiger partial charge in [-0.3, -0.25) is 0 Å². The van der Waals surface area contributed by atoms with Crippen molar-refractivity contribution in [1.29, 1.82) is 0 Å². The Balaban J connectivity index is 0. The molecular formula is C11H28N2. The SMILES string of the molecule is CCCCC(N)(C(C)C)C(C)C.N. The van der Waals surface area contributed by atoms with E-state index in [4.69, 9.17) is 5.73 Å². The van der Waals surface area contributed by atoms with E-state index in [0.29, 0.717) is 11.8 Å². The van der Waals surface area contributed by atoms with E-state index in [-0.39, 0.29) is 11.7 Å². The van der Waals surface area contributed by atoms with E-state index in [1.54, 1.807) is 0 Å². The molecule has 2 nitrogen and oxygen atoms in total. The van der Waals surface area contributed by atoms with E-state index in [1.807, 2.05) is 0 Å². The topological polar surface area (TPSA) is 61.0 Å². The van der Waals surface area contributed by atoms with Crippen LogP contribution >= 0.6 is 0 Å². The average molecular weight is 188 g/mol. The van der Waals surface area contributed by atoms with E-state index < -0.39 is 0 Å². The third-order valence-corrected chi connectivity index (χ3v) is 3.11. The zero-order chi connectivity index (χ0) is 9.78. The highest BCUT2D eigenvalue weighted by molar-refractivity contribution is 4.89. The maximum atomic E-state index is 6.37. The van der Waals surface area contributed by atoms with Crippen molar-refractivity contribution < 1.29 is 0 Å². The highest BCUT2D eigenvalue weighted by Crippen LogP contribution is 2.28. The number of hydrogen-bond donors (Lipinski definition) is 2. The third kappa shape index (κ3) is 4.10. The molecule has 0 aromatic carbocycles. The van der Waals surface area contributed by atoms with Gasteiger partial charge in [-0.2, -0.15) is 0 Å². The van der Waals surface area contributed by atoms with Gasteiger partial charge in [-0.05, 0) is 18.3 Å². The van der Waals surface area contributed by atoms with Crippen LogP contribution in [-0.4, -0.2) is 5.54 Å². The van der Waals surface area contributed by atoms with Crippen LogP contribution in [0.1, 0.15) is 53.9 Å². The quantitative estimate of drug-likeness (QED) is 0.695. The average Bonchev–Trinajstić information content (AvgIpc) is 1.99. The molecule has 13 heavy (non-hydrogen) atoms. The van der Waals surface area contributed by atoms with Crippen LogP contribution in [0.25, 0.3) is 0 Å². The minimum atomic E-state index is 0. The lowest BCUT2D eigenvalue weighted by Gasteiger charge is -2.37. The van der Waals surface area contributed by atoms with Crippen LogP contribution in [0.4, 0.5) is 0 Å². The number of unbranched alkanes of at least 4 members (excludes halogenated alkanes) is 1. The van der Waals surface area contributed by atoms with Gasteiger partial charge >= 0.3 is 0 Å². The van der Waals surface area contributed by atoms with E-state index in [0.717, 1.165) is 0 Å². The molecule has 0 amide bonds. The van der Waals surface area contributed by atoms with Crippen LogP contribution in [0.3, 0.4) is 0 Å². The summed E-state index contributed by atoms with van der Waals surface area (Å²) in [5, 5.41) is 0. The molecule has 0 saturated heterocycles.